The van der Waals surface area contributed by atoms with E-state index in [2.05, 4.69) is 4.98 Å². The number of nitro groups is 1. The van der Waals surface area contributed by atoms with E-state index in [9.17, 15) is 18.9 Å². The van der Waals surface area contributed by atoms with Crippen LogP contribution >= 0.6 is 11.8 Å². The molecule has 1 heterocycles. The number of nitrogens with one attached hydrogen (secondary N) is 1. The molecular formula is C10H8F2N2O2S. The molecule has 0 bridgehead atoms. The number of aromatic amines is 1. The number of H-pyrrole nitrogens is 1. The average molecular weight is 258 g/mol. The minimum atomic E-state index is -2.55. The largest absolute Gasteiger partial charge is 0.358 e. The Kier molecular flexibility index (Phi) is 3.01. The van der Waals surface area contributed by atoms with Crippen molar-refractivity contribution in [1.82, 2.24) is 4.98 Å². The first-order chi connectivity index (χ1) is 7.99. The van der Waals surface area contributed by atoms with Crippen LogP contribution in [0.2, 0.25) is 0 Å². The standard InChI is InChI=1S/C10H8F2N2O2S/c1-5-9(17-10(11)12)7-4-6(14(15)16)2-3-8(7)13-5/h2-4,10,13H,1H3. The summed E-state index contributed by atoms with van der Waals surface area (Å²) < 4.78 is 24.8. The van der Waals surface area contributed by atoms with Crippen LogP contribution in [0.25, 0.3) is 10.9 Å². The lowest BCUT2D eigenvalue weighted by Gasteiger charge is -1.99. The van der Waals surface area contributed by atoms with Gasteiger partial charge in [0, 0.05) is 33.6 Å². The van der Waals surface area contributed by atoms with Gasteiger partial charge in [-0.15, -0.1) is 0 Å². The maximum absolute atomic E-state index is 12.4. The molecule has 0 unspecified atom stereocenters. The lowest BCUT2D eigenvalue weighted by molar-refractivity contribution is -0.384. The highest BCUT2D eigenvalue weighted by atomic mass is 32.2. The van der Waals surface area contributed by atoms with Crippen molar-refractivity contribution < 1.29 is 13.7 Å². The SMILES string of the molecule is Cc1[nH]c2ccc([N+](=O)[O-])cc2c1SC(F)F. The van der Waals surface area contributed by atoms with Crippen molar-refractivity contribution in [3.8, 4) is 0 Å². The van der Waals surface area contributed by atoms with Crippen LogP contribution in [-0.2, 0) is 0 Å². The number of fused-ring (bicyclic) bond motifs is 1. The van der Waals surface area contributed by atoms with Crippen molar-refractivity contribution in [3.63, 3.8) is 0 Å². The fraction of sp³-hybridized carbons (Fsp3) is 0.200. The van der Waals surface area contributed by atoms with Gasteiger partial charge in [-0.25, -0.2) is 0 Å². The Balaban J connectivity index is 2.60. The number of aryl methyl sites for hydroxylation is 1. The fourth-order valence-corrected chi connectivity index (χ4v) is 2.35. The van der Waals surface area contributed by atoms with Crippen LogP contribution in [0.15, 0.2) is 23.1 Å². The number of thioether (sulfide) groups is 1. The molecular weight excluding hydrogens is 250 g/mol. The summed E-state index contributed by atoms with van der Waals surface area (Å²) in [5.74, 6) is -2.55. The highest BCUT2D eigenvalue weighted by molar-refractivity contribution is 7.99. The zero-order chi connectivity index (χ0) is 12.6. The number of halogens is 2. The summed E-state index contributed by atoms with van der Waals surface area (Å²) in [6.07, 6.45) is 0. The molecule has 0 saturated heterocycles. The number of hydrogen-bond acceptors (Lipinski definition) is 3. The quantitative estimate of drug-likeness (QED) is 0.518. The predicted molar refractivity (Wildman–Crippen MR) is 61.6 cm³/mol. The van der Waals surface area contributed by atoms with Crippen molar-refractivity contribution in [2.75, 3.05) is 0 Å². The van der Waals surface area contributed by atoms with Crippen LogP contribution in [0.5, 0.6) is 0 Å². The molecule has 0 aliphatic rings. The molecule has 1 aromatic carbocycles. The second-order valence-corrected chi connectivity index (χ2v) is 4.44. The first-order valence-corrected chi connectivity index (χ1v) is 5.58. The van der Waals surface area contributed by atoms with Gasteiger partial charge in [0.25, 0.3) is 11.4 Å². The van der Waals surface area contributed by atoms with Gasteiger partial charge in [-0.2, -0.15) is 8.78 Å². The van der Waals surface area contributed by atoms with Gasteiger partial charge < -0.3 is 4.98 Å². The van der Waals surface area contributed by atoms with Crippen LogP contribution in [0.4, 0.5) is 14.5 Å². The molecule has 0 amide bonds. The van der Waals surface area contributed by atoms with Gasteiger partial charge in [-0.3, -0.25) is 10.1 Å². The van der Waals surface area contributed by atoms with Crippen molar-refractivity contribution in [2.24, 2.45) is 0 Å². The van der Waals surface area contributed by atoms with Gasteiger partial charge in [0.2, 0.25) is 0 Å². The second kappa shape index (κ2) is 4.33. The molecule has 0 radical (unpaired) electrons. The summed E-state index contributed by atoms with van der Waals surface area (Å²) >= 11 is 0.394. The minimum Gasteiger partial charge on any atom is -0.358 e. The normalized spacial score (nSPS) is 11.3. The molecule has 0 aliphatic carbocycles. The van der Waals surface area contributed by atoms with E-state index in [1.807, 2.05) is 0 Å². The Bertz CT molecular complexity index is 583. The minimum absolute atomic E-state index is 0.104. The molecule has 2 rings (SSSR count). The molecule has 2 aromatic rings. The summed E-state index contributed by atoms with van der Waals surface area (Å²) in [7, 11) is 0. The highest BCUT2D eigenvalue weighted by Crippen LogP contribution is 2.36. The maximum atomic E-state index is 12.4. The molecule has 7 heteroatoms. The Morgan fingerprint density at radius 3 is 2.76 bits per heavy atom. The molecule has 17 heavy (non-hydrogen) atoms. The molecule has 0 aliphatic heterocycles. The van der Waals surface area contributed by atoms with Crippen molar-refractivity contribution in [2.45, 2.75) is 17.6 Å². The third-order valence-electron chi connectivity index (χ3n) is 2.33. The second-order valence-electron chi connectivity index (χ2n) is 3.44. The van der Waals surface area contributed by atoms with Gasteiger partial charge >= 0.3 is 0 Å². The topological polar surface area (TPSA) is 58.9 Å². The van der Waals surface area contributed by atoms with E-state index in [0.29, 0.717) is 33.3 Å². The van der Waals surface area contributed by atoms with Gasteiger partial charge in [0.15, 0.2) is 0 Å². The highest BCUT2D eigenvalue weighted by Gasteiger charge is 2.16. The smallest absolute Gasteiger partial charge is 0.288 e. The van der Waals surface area contributed by atoms with Crippen molar-refractivity contribution >= 4 is 28.4 Å². The van der Waals surface area contributed by atoms with E-state index in [1.54, 1.807) is 6.92 Å². The first kappa shape index (κ1) is 11.8. The van der Waals surface area contributed by atoms with Crippen LogP contribution in [0.1, 0.15) is 5.69 Å². The summed E-state index contributed by atoms with van der Waals surface area (Å²) in [5.41, 5.74) is 1.11. The molecule has 4 nitrogen and oxygen atoms in total. The number of alkyl halides is 2. The molecule has 0 saturated carbocycles. The van der Waals surface area contributed by atoms with E-state index >= 15 is 0 Å². The van der Waals surface area contributed by atoms with Crippen LogP contribution in [-0.4, -0.2) is 15.7 Å². The molecule has 1 N–H and O–H groups in total. The fourth-order valence-electron chi connectivity index (χ4n) is 1.64. The van der Waals surface area contributed by atoms with E-state index in [1.165, 1.54) is 18.2 Å². The first-order valence-electron chi connectivity index (χ1n) is 4.70. The Morgan fingerprint density at radius 1 is 1.47 bits per heavy atom. The third kappa shape index (κ3) is 2.23. The van der Waals surface area contributed by atoms with E-state index in [4.69, 9.17) is 0 Å². The number of nitro benzene ring substituents is 1. The van der Waals surface area contributed by atoms with Crippen LogP contribution in [0.3, 0.4) is 0 Å². The molecule has 1 aromatic heterocycles. The summed E-state index contributed by atoms with van der Waals surface area (Å²) in [6, 6.07) is 4.18. The molecule has 0 fully saturated rings. The Morgan fingerprint density at radius 2 is 2.18 bits per heavy atom. The average Bonchev–Trinajstić information content (AvgIpc) is 2.54. The van der Waals surface area contributed by atoms with Crippen LogP contribution in [0, 0.1) is 17.0 Å². The number of non-ortho nitro benzene ring substituents is 1. The molecule has 0 atom stereocenters. The third-order valence-corrected chi connectivity index (χ3v) is 3.27. The Hall–Kier alpha value is -1.63. The number of rotatable bonds is 3. The van der Waals surface area contributed by atoms with E-state index in [0.717, 1.165) is 0 Å². The van der Waals surface area contributed by atoms with Gasteiger partial charge in [0.1, 0.15) is 0 Å². The predicted octanol–water partition coefficient (Wildman–Crippen LogP) is 3.70. The number of benzene rings is 1. The monoisotopic (exact) mass is 258 g/mol. The Labute approximate surface area is 99.2 Å². The van der Waals surface area contributed by atoms with Gasteiger partial charge in [-0.1, -0.05) is 11.8 Å². The molecule has 0 spiro atoms. The van der Waals surface area contributed by atoms with Gasteiger partial charge in [0.05, 0.1) is 4.92 Å². The zero-order valence-electron chi connectivity index (χ0n) is 8.74. The number of aromatic nitrogens is 1. The summed E-state index contributed by atoms with van der Waals surface area (Å²) in [6.45, 7) is 1.66. The lowest BCUT2D eigenvalue weighted by atomic mass is 10.2. The lowest BCUT2D eigenvalue weighted by Crippen LogP contribution is -1.87. The van der Waals surface area contributed by atoms with Crippen molar-refractivity contribution in [1.29, 1.82) is 0 Å². The van der Waals surface area contributed by atoms with Crippen LogP contribution < -0.4 is 0 Å². The van der Waals surface area contributed by atoms with E-state index < -0.39 is 10.7 Å². The molecule has 90 valence electrons. The summed E-state index contributed by atoms with van der Waals surface area (Å²) in [4.78, 5) is 13.4. The zero-order valence-corrected chi connectivity index (χ0v) is 9.55. The van der Waals surface area contributed by atoms with E-state index in [-0.39, 0.29) is 5.69 Å². The number of nitrogens with zero attached hydrogens (tertiary/aromatic N) is 1. The number of hydrogen-bond donors (Lipinski definition) is 1. The van der Waals surface area contributed by atoms with Gasteiger partial charge in [-0.05, 0) is 13.0 Å². The van der Waals surface area contributed by atoms with Crippen molar-refractivity contribution in [3.05, 3.63) is 34.0 Å². The summed E-state index contributed by atoms with van der Waals surface area (Å²) in [5, 5.41) is 11.1. The maximum Gasteiger partial charge on any atom is 0.288 e.